The molecule has 1 aromatic carbocycles. The van der Waals surface area contributed by atoms with Gasteiger partial charge in [0.05, 0.1) is 0 Å². The van der Waals surface area contributed by atoms with Crippen LogP contribution in [0.3, 0.4) is 0 Å². The highest BCUT2D eigenvalue weighted by Gasteiger charge is 2.27. The highest BCUT2D eigenvalue weighted by molar-refractivity contribution is 5.79. The van der Waals surface area contributed by atoms with Crippen molar-refractivity contribution in [3.63, 3.8) is 0 Å². The Morgan fingerprint density at radius 2 is 2.04 bits per heavy atom. The minimum atomic E-state index is 0.409. The van der Waals surface area contributed by atoms with Gasteiger partial charge in [-0.2, -0.15) is 0 Å². The molecule has 0 saturated heterocycles. The largest absolute Gasteiger partial charge is 0.355 e. The number of aliphatic imine (C=N–C) groups is 1. The van der Waals surface area contributed by atoms with E-state index in [1.54, 1.807) is 0 Å². The number of hydrogen-bond donors (Lipinski definition) is 2. The van der Waals surface area contributed by atoms with Crippen molar-refractivity contribution in [3.05, 3.63) is 35.9 Å². The van der Waals surface area contributed by atoms with E-state index in [1.165, 1.54) is 18.4 Å². The van der Waals surface area contributed by atoms with E-state index in [1.807, 2.05) is 7.05 Å². The Morgan fingerprint density at radius 3 is 2.65 bits per heavy atom. The van der Waals surface area contributed by atoms with E-state index in [9.17, 15) is 0 Å². The summed E-state index contributed by atoms with van der Waals surface area (Å²) < 4.78 is 0. The quantitative estimate of drug-likeness (QED) is 0.543. The van der Waals surface area contributed by atoms with Crippen molar-refractivity contribution in [3.8, 4) is 0 Å². The first-order valence-corrected chi connectivity index (χ1v) is 8.98. The lowest BCUT2D eigenvalue weighted by Crippen LogP contribution is -2.45. The van der Waals surface area contributed by atoms with Crippen molar-refractivity contribution < 1.29 is 0 Å². The highest BCUT2D eigenvalue weighted by Crippen LogP contribution is 2.25. The van der Waals surface area contributed by atoms with Crippen LogP contribution >= 0.6 is 0 Å². The molecule has 2 rings (SSSR count). The molecule has 0 heterocycles. The zero-order valence-electron chi connectivity index (χ0n) is 14.9. The molecule has 0 aliphatic heterocycles. The molecule has 4 nitrogen and oxygen atoms in total. The second-order valence-electron chi connectivity index (χ2n) is 6.43. The fourth-order valence-corrected chi connectivity index (χ4v) is 2.88. The van der Waals surface area contributed by atoms with E-state index in [-0.39, 0.29) is 0 Å². The molecule has 0 amide bonds. The Morgan fingerprint density at radius 1 is 1.30 bits per heavy atom. The van der Waals surface area contributed by atoms with E-state index in [0.717, 1.165) is 44.5 Å². The predicted octanol–water partition coefficient (Wildman–Crippen LogP) is 2.66. The maximum atomic E-state index is 4.34. The first kappa shape index (κ1) is 17.8. The topological polar surface area (TPSA) is 39.7 Å². The second kappa shape index (κ2) is 9.56. The van der Waals surface area contributed by atoms with Crippen molar-refractivity contribution in [1.82, 2.24) is 15.5 Å². The Balaban J connectivity index is 1.65. The Kier molecular flexibility index (Phi) is 7.40. The third kappa shape index (κ3) is 6.61. The van der Waals surface area contributed by atoms with Crippen molar-refractivity contribution in [2.24, 2.45) is 4.99 Å². The molecule has 128 valence electrons. The third-order valence-corrected chi connectivity index (χ3v) is 4.48. The smallest absolute Gasteiger partial charge is 0.191 e. The molecular formula is C19H32N4. The molecule has 0 aromatic heterocycles. The van der Waals surface area contributed by atoms with Gasteiger partial charge in [-0.1, -0.05) is 37.3 Å². The van der Waals surface area contributed by atoms with Crippen LogP contribution in [0.4, 0.5) is 0 Å². The molecule has 2 N–H and O–H groups in total. The molecule has 1 unspecified atom stereocenters. The van der Waals surface area contributed by atoms with Crippen LogP contribution in [0.1, 0.15) is 38.7 Å². The maximum absolute atomic E-state index is 4.34. The molecule has 23 heavy (non-hydrogen) atoms. The van der Waals surface area contributed by atoms with Crippen LogP contribution in [-0.2, 0) is 6.42 Å². The van der Waals surface area contributed by atoms with E-state index in [2.05, 4.69) is 64.7 Å². The molecule has 1 saturated carbocycles. The summed E-state index contributed by atoms with van der Waals surface area (Å²) in [6.45, 7) is 7.66. The Hall–Kier alpha value is -1.55. The van der Waals surface area contributed by atoms with Gasteiger partial charge in [-0.3, -0.25) is 9.89 Å². The lowest BCUT2D eigenvalue weighted by molar-refractivity contribution is 0.282. The molecule has 0 radical (unpaired) electrons. The second-order valence-corrected chi connectivity index (χ2v) is 6.43. The van der Waals surface area contributed by atoms with Gasteiger partial charge in [0.1, 0.15) is 0 Å². The Bertz CT molecular complexity index is 468. The average Bonchev–Trinajstić information content (AvgIpc) is 3.41. The van der Waals surface area contributed by atoms with Crippen molar-refractivity contribution in [2.45, 2.75) is 51.6 Å². The van der Waals surface area contributed by atoms with Crippen LogP contribution in [0.25, 0.3) is 0 Å². The van der Waals surface area contributed by atoms with Crippen molar-refractivity contribution >= 4 is 5.96 Å². The first-order chi connectivity index (χ1) is 11.2. The van der Waals surface area contributed by atoms with Gasteiger partial charge >= 0.3 is 0 Å². The normalized spacial score (nSPS) is 16.4. The lowest BCUT2D eigenvalue weighted by atomic mass is 10.1. The van der Waals surface area contributed by atoms with Crippen LogP contribution in [0, 0.1) is 0 Å². The van der Waals surface area contributed by atoms with Crippen LogP contribution < -0.4 is 10.6 Å². The summed E-state index contributed by atoms with van der Waals surface area (Å²) in [6.07, 6.45) is 4.94. The lowest BCUT2D eigenvalue weighted by Gasteiger charge is -2.22. The van der Waals surface area contributed by atoms with Gasteiger partial charge < -0.3 is 10.6 Å². The van der Waals surface area contributed by atoms with Gasteiger partial charge in [-0.05, 0) is 44.7 Å². The SMILES string of the molecule is CCN(CCNC(=NC)NC(C)CCc1ccccc1)C1CC1. The fraction of sp³-hybridized carbons (Fsp3) is 0.632. The van der Waals surface area contributed by atoms with E-state index in [0.29, 0.717) is 6.04 Å². The van der Waals surface area contributed by atoms with E-state index in [4.69, 9.17) is 0 Å². The molecule has 0 bridgehead atoms. The summed E-state index contributed by atoms with van der Waals surface area (Å²) in [7, 11) is 1.84. The van der Waals surface area contributed by atoms with E-state index < -0.39 is 0 Å². The highest BCUT2D eigenvalue weighted by atomic mass is 15.2. The third-order valence-electron chi connectivity index (χ3n) is 4.48. The molecule has 1 aliphatic carbocycles. The number of rotatable bonds is 9. The standard InChI is InChI=1S/C19H32N4/c1-4-23(18-12-13-18)15-14-21-19(20-3)22-16(2)10-11-17-8-6-5-7-9-17/h5-9,16,18H,4,10-15H2,1-3H3,(H2,20,21,22). The number of hydrogen-bond acceptors (Lipinski definition) is 2. The van der Waals surface area contributed by atoms with Crippen molar-refractivity contribution in [1.29, 1.82) is 0 Å². The Labute approximate surface area is 141 Å². The summed E-state index contributed by atoms with van der Waals surface area (Å²) in [5.74, 6) is 0.914. The predicted molar refractivity (Wildman–Crippen MR) is 99.0 cm³/mol. The first-order valence-electron chi connectivity index (χ1n) is 8.98. The van der Waals surface area contributed by atoms with Crippen LogP contribution in [0.15, 0.2) is 35.3 Å². The van der Waals surface area contributed by atoms with E-state index >= 15 is 0 Å². The number of benzene rings is 1. The molecule has 1 atom stereocenters. The van der Waals surface area contributed by atoms with Gasteiger partial charge in [-0.15, -0.1) is 0 Å². The van der Waals surface area contributed by atoms with Gasteiger partial charge in [0, 0.05) is 32.2 Å². The van der Waals surface area contributed by atoms with Crippen molar-refractivity contribution in [2.75, 3.05) is 26.7 Å². The molecule has 1 aromatic rings. The summed E-state index contributed by atoms with van der Waals surface area (Å²) >= 11 is 0. The number of guanidine groups is 1. The van der Waals surface area contributed by atoms with Crippen LogP contribution in [0.2, 0.25) is 0 Å². The van der Waals surface area contributed by atoms with Crippen LogP contribution in [-0.4, -0.2) is 49.6 Å². The number of nitrogens with one attached hydrogen (secondary N) is 2. The fourth-order valence-electron chi connectivity index (χ4n) is 2.88. The molecule has 4 heteroatoms. The average molecular weight is 316 g/mol. The van der Waals surface area contributed by atoms with Gasteiger partial charge in [-0.25, -0.2) is 0 Å². The van der Waals surface area contributed by atoms with Gasteiger partial charge in [0.15, 0.2) is 5.96 Å². The molecule has 1 aliphatic rings. The van der Waals surface area contributed by atoms with Crippen LogP contribution in [0.5, 0.6) is 0 Å². The van der Waals surface area contributed by atoms with Gasteiger partial charge in [0.25, 0.3) is 0 Å². The molecule has 0 spiro atoms. The summed E-state index contributed by atoms with van der Waals surface area (Å²) in [4.78, 5) is 6.90. The summed E-state index contributed by atoms with van der Waals surface area (Å²) in [5.41, 5.74) is 1.40. The summed E-state index contributed by atoms with van der Waals surface area (Å²) in [6, 6.07) is 11.9. The molecule has 1 fully saturated rings. The van der Waals surface area contributed by atoms with Gasteiger partial charge in [0.2, 0.25) is 0 Å². The number of aryl methyl sites for hydroxylation is 1. The minimum Gasteiger partial charge on any atom is -0.355 e. The zero-order valence-corrected chi connectivity index (χ0v) is 14.9. The maximum Gasteiger partial charge on any atom is 0.191 e. The summed E-state index contributed by atoms with van der Waals surface area (Å²) in [5, 5.41) is 6.94. The molecular weight excluding hydrogens is 284 g/mol. The number of nitrogens with zero attached hydrogens (tertiary/aromatic N) is 2. The monoisotopic (exact) mass is 316 g/mol. The minimum absolute atomic E-state index is 0.409. The zero-order chi connectivity index (χ0) is 16.5. The number of likely N-dealkylation sites (N-methyl/N-ethyl adjacent to an activating group) is 1.